The van der Waals surface area contributed by atoms with Gasteiger partial charge in [0.2, 0.25) is 5.95 Å². The number of nitrogens with one attached hydrogen (secondary N) is 1. The minimum Gasteiger partial charge on any atom is -0.444 e. The number of piperazine rings is 1. The molecular weight excluding hydrogens is 428 g/mol. The van der Waals surface area contributed by atoms with Crippen molar-refractivity contribution in [2.45, 2.75) is 66.2 Å². The predicted octanol–water partition coefficient (Wildman–Crippen LogP) is 2.55. The summed E-state index contributed by atoms with van der Waals surface area (Å²) >= 11 is 0. The Morgan fingerprint density at radius 1 is 1.03 bits per heavy atom. The second kappa shape index (κ2) is 10.1. The number of amides is 3. The first-order valence-corrected chi connectivity index (χ1v) is 11.0. The van der Waals surface area contributed by atoms with E-state index in [2.05, 4.69) is 10.3 Å². The Morgan fingerprint density at radius 2 is 1.61 bits per heavy atom. The molecule has 1 fully saturated rings. The van der Waals surface area contributed by atoms with Gasteiger partial charge in [0.25, 0.3) is 5.91 Å². The summed E-state index contributed by atoms with van der Waals surface area (Å²) in [5.41, 5.74) is 5.03. The topological polar surface area (TPSA) is 132 Å². The normalized spacial score (nSPS) is 15.0. The van der Waals surface area contributed by atoms with Crippen LogP contribution in [-0.2, 0) is 16.0 Å². The molecule has 0 aliphatic carbocycles. The maximum absolute atomic E-state index is 12.3. The molecule has 1 aromatic heterocycles. The number of nitrogens with two attached hydrogens (primary N) is 1. The third-order valence-electron chi connectivity index (χ3n) is 4.58. The number of imidazole rings is 1. The Kier molecular flexibility index (Phi) is 7.99. The summed E-state index contributed by atoms with van der Waals surface area (Å²) in [5.74, 6) is -0.0491. The molecule has 2 heterocycles. The molecule has 0 radical (unpaired) electrons. The van der Waals surface area contributed by atoms with E-state index in [0.717, 1.165) is 0 Å². The van der Waals surface area contributed by atoms with Crippen LogP contribution < -0.4 is 16.0 Å². The molecule has 3 N–H and O–H groups in total. The van der Waals surface area contributed by atoms with E-state index in [1.165, 1.54) is 12.3 Å². The second-order valence-electron chi connectivity index (χ2n) is 9.69. The van der Waals surface area contributed by atoms with Crippen LogP contribution in [-0.4, -0.2) is 69.9 Å². The van der Waals surface area contributed by atoms with Gasteiger partial charge in [0, 0.05) is 38.9 Å². The van der Waals surface area contributed by atoms with Crippen LogP contribution in [0.1, 0.15) is 64.6 Å². The number of alkyl carbamates (subject to hydrolysis) is 1. The lowest BCUT2D eigenvalue weighted by atomic mass is 10.2. The van der Waals surface area contributed by atoms with E-state index in [9.17, 15) is 14.4 Å². The minimum atomic E-state index is -0.630. The number of nitrogens with zero attached hydrogens (tertiary/aromatic N) is 4. The van der Waals surface area contributed by atoms with Crippen LogP contribution in [0.15, 0.2) is 6.20 Å². The SMILES string of the molecule is CCn1c(N2CCN(C(=O)OC(C)(C)C)CC2)nc(/C=C/NC(=O)OC(C)(C)C)c1C(N)=O. The van der Waals surface area contributed by atoms with Gasteiger partial charge in [-0.3, -0.25) is 10.1 Å². The van der Waals surface area contributed by atoms with E-state index >= 15 is 0 Å². The van der Waals surface area contributed by atoms with Crippen molar-refractivity contribution in [1.29, 1.82) is 0 Å². The zero-order chi connectivity index (χ0) is 25.0. The molecular formula is C22H36N6O5. The molecule has 0 spiro atoms. The van der Waals surface area contributed by atoms with E-state index < -0.39 is 23.2 Å². The van der Waals surface area contributed by atoms with Crippen LogP contribution in [0, 0.1) is 0 Å². The van der Waals surface area contributed by atoms with Gasteiger partial charge in [-0.1, -0.05) is 0 Å². The fourth-order valence-electron chi connectivity index (χ4n) is 3.29. The van der Waals surface area contributed by atoms with Crippen molar-refractivity contribution in [3.05, 3.63) is 17.6 Å². The monoisotopic (exact) mass is 464 g/mol. The number of aromatic nitrogens is 2. The van der Waals surface area contributed by atoms with E-state index in [1.807, 2.05) is 32.6 Å². The first-order valence-electron chi connectivity index (χ1n) is 11.0. The van der Waals surface area contributed by atoms with Crippen LogP contribution in [0.25, 0.3) is 6.08 Å². The Balaban J connectivity index is 2.17. The number of hydrogen-bond acceptors (Lipinski definition) is 7. The highest BCUT2D eigenvalue weighted by molar-refractivity contribution is 5.95. The number of carbonyl (C=O) groups excluding carboxylic acids is 3. The molecule has 11 heteroatoms. The van der Waals surface area contributed by atoms with Crippen LogP contribution >= 0.6 is 0 Å². The van der Waals surface area contributed by atoms with Gasteiger partial charge in [-0.05, 0) is 54.5 Å². The lowest BCUT2D eigenvalue weighted by Crippen LogP contribution is -2.50. The maximum Gasteiger partial charge on any atom is 0.411 e. The van der Waals surface area contributed by atoms with Gasteiger partial charge in [-0.2, -0.15) is 0 Å². The standard InChI is InChI=1S/C22H36N6O5/c1-8-28-16(17(23)29)15(9-10-24-19(30)32-21(2,3)4)25-18(28)26-11-13-27(14-12-26)20(31)33-22(5,6)7/h9-10H,8,11-14H2,1-7H3,(H2,23,29)(H,24,30)/b10-9+. The summed E-state index contributed by atoms with van der Waals surface area (Å²) in [5, 5.41) is 2.50. The van der Waals surface area contributed by atoms with Gasteiger partial charge in [0.05, 0.1) is 5.69 Å². The minimum absolute atomic E-state index is 0.240. The highest BCUT2D eigenvalue weighted by Gasteiger charge is 2.29. The average Bonchev–Trinajstić information content (AvgIpc) is 3.04. The van der Waals surface area contributed by atoms with Crippen molar-refractivity contribution in [3.63, 3.8) is 0 Å². The van der Waals surface area contributed by atoms with Crippen molar-refractivity contribution in [2.75, 3.05) is 31.1 Å². The van der Waals surface area contributed by atoms with Crippen LogP contribution in [0.2, 0.25) is 0 Å². The van der Waals surface area contributed by atoms with E-state index in [4.69, 9.17) is 15.2 Å². The average molecular weight is 465 g/mol. The highest BCUT2D eigenvalue weighted by Crippen LogP contribution is 2.23. The molecule has 0 aromatic carbocycles. The number of anilines is 1. The number of primary amides is 1. The summed E-state index contributed by atoms with van der Waals surface area (Å²) in [6.07, 6.45) is 1.91. The number of ether oxygens (including phenoxy) is 2. The molecule has 1 aliphatic heterocycles. The third-order valence-corrected chi connectivity index (χ3v) is 4.58. The van der Waals surface area contributed by atoms with Crippen molar-refractivity contribution in [3.8, 4) is 0 Å². The molecule has 0 unspecified atom stereocenters. The number of carbonyl (C=O) groups is 3. The summed E-state index contributed by atoms with van der Waals surface area (Å²) < 4.78 is 12.4. The zero-order valence-electron chi connectivity index (χ0n) is 20.6. The first kappa shape index (κ1) is 26.0. The van der Waals surface area contributed by atoms with Gasteiger partial charge in [0.15, 0.2) is 0 Å². The molecule has 1 aliphatic rings. The molecule has 2 rings (SSSR count). The van der Waals surface area contributed by atoms with Crippen LogP contribution in [0.5, 0.6) is 0 Å². The summed E-state index contributed by atoms with van der Waals surface area (Å²) in [6.45, 7) is 15.1. The first-order chi connectivity index (χ1) is 15.2. The van der Waals surface area contributed by atoms with Gasteiger partial charge in [-0.25, -0.2) is 14.6 Å². The Labute approximate surface area is 194 Å². The van der Waals surface area contributed by atoms with Crippen LogP contribution in [0.4, 0.5) is 15.5 Å². The molecule has 3 amide bonds. The second-order valence-corrected chi connectivity index (χ2v) is 9.69. The molecule has 184 valence electrons. The lowest BCUT2D eigenvalue weighted by Gasteiger charge is -2.36. The molecule has 0 saturated carbocycles. The van der Waals surface area contributed by atoms with Crippen molar-refractivity contribution < 1.29 is 23.9 Å². The van der Waals surface area contributed by atoms with Gasteiger partial charge in [-0.15, -0.1) is 0 Å². The number of rotatable bonds is 5. The third kappa shape index (κ3) is 7.40. The molecule has 0 atom stereocenters. The van der Waals surface area contributed by atoms with E-state index in [1.54, 1.807) is 30.2 Å². The fraction of sp³-hybridized carbons (Fsp3) is 0.636. The molecule has 1 saturated heterocycles. The molecule has 33 heavy (non-hydrogen) atoms. The Hall–Kier alpha value is -3.24. The largest absolute Gasteiger partial charge is 0.444 e. The Morgan fingerprint density at radius 3 is 2.09 bits per heavy atom. The summed E-state index contributed by atoms with van der Waals surface area (Å²) in [6, 6.07) is 0. The molecule has 11 nitrogen and oxygen atoms in total. The molecule has 0 bridgehead atoms. The maximum atomic E-state index is 12.3. The van der Waals surface area contributed by atoms with Crippen LogP contribution in [0.3, 0.4) is 0 Å². The van der Waals surface area contributed by atoms with E-state index in [0.29, 0.717) is 44.4 Å². The van der Waals surface area contributed by atoms with Crippen molar-refractivity contribution >= 4 is 30.1 Å². The highest BCUT2D eigenvalue weighted by atomic mass is 16.6. The quantitative estimate of drug-likeness (QED) is 0.684. The van der Waals surface area contributed by atoms with Crippen molar-refractivity contribution in [1.82, 2.24) is 19.8 Å². The molecule has 1 aromatic rings. The van der Waals surface area contributed by atoms with E-state index in [-0.39, 0.29) is 11.8 Å². The fourth-order valence-corrected chi connectivity index (χ4v) is 3.29. The van der Waals surface area contributed by atoms with Crippen molar-refractivity contribution in [2.24, 2.45) is 5.73 Å². The van der Waals surface area contributed by atoms with Gasteiger partial charge < -0.3 is 29.6 Å². The summed E-state index contributed by atoms with van der Waals surface area (Å²) in [4.78, 5) is 44.6. The Bertz CT molecular complexity index is 902. The summed E-state index contributed by atoms with van der Waals surface area (Å²) in [7, 11) is 0. The number of hydrogen-bond donors (Lipinski definition) is 2. The zero-order valence-corrected chi connectivity index (χ0v) is 20.6. The predicted molar refractivity (Wildman–Crippen MR) is 125 cm³/mol. The van der Waals surface area contributed by atoms with Gasteiger partial charge >= 0.3 is 12.2 Å². The van der Waals surface area contributed by atoms with Gasteiger partial charge in [0.1, 0.15) is 16.9 Å². The lowest BCUT2D eigenvalue weighted by molar-refractivity contribution is 0.0239. The smallest absolute Gasteiger partial charge is 0.411 e.